The minimum absolute atomic E-state index is 0.0835. The molecule has 0 aliphatic carbocycles. The molecular formula is C14H20O5S. The van der Waals surface area contributed by atoms with Crippen LogP contribution in [-0.4, -0.2) is 39.6 Å². The smallest absolute Gasteiger partial charge is 0.310 e. The van der Waals surface area contributed by atoms with Crippen LogP contribution in [-0.2, 0) is 30.7 Å². The zero-order chi connectivity index (χ0) is 15.0. The number of hydrogen-bond acceptors (Lipinski definition) is 5. The topological polar surface area (TPSA) is 69.7 Å². The SMILES string of the molecule is COCCS(=O)(=O)CC(C)C(=O)OCc1ccccc1. The largest absolute Gasteiger partial charge is 0.461 e. The molecule has 0 heterocycles. The molecule has 5 nitrogen and oxygen atoms in total. The van der Waals surface area contributed by atoms with Crippen LogP contribution >= 0.6 is 0 Å². The molecule has 0 aliphatic rings. The van der Waals surface area contributed by atoms with Crippen LogP contribution in [0, 0.1) is 5.92 Å². The molecule has 0 spiro atoms. The summed E-state index contributed by atoms with van der Waals surface area (Å²) in [5.41, 5.74) is 0.871. The van der Waals surface area contributed by atoms with E-state index in [1.807, 2.05) is 30.3 Å². The lowest BCUT2D eigenvalue weighted by Gasteiger charge is -2.12. The maximum Gasteiger partial charge on any atom is 0.310 e. The highest BCUT2D eigenvalue weighted by Crippen LogP contribution is 2.08. The molecule has 1 atom stereocenters. The van der Waals surface area contributed by atoms with Crippen molar-refractivity contribution in [3.8, 4) is 0 Å². The molecule has 1 aromatic rings. The van der Waals surface area contributed by atoms with Gasteiger partial charge in [-0.05, 0) is 5.56 Å². The van der Waals surface area contributed by atoms with Gasteiger partial charge in [-0.25, -0.2) is 8.42 Å². The molecule has 0 aromatic heterocycles. The summed E-state index contributed by atoms with van der Waals surface area (Å²) < 4.78 is 33.2. The molecule has 6 heteroatoms. The van der Waals surface area contributed by atoms with Crippen LogP contribution in [0.5, 0.6) is 0 Å². The Kier molecular flexibility index (Phi) is 6.67. The van der Waals surface area contributed by atoms with Crippen molar-refractivity contribution in [2.75, 3.05) is 25.2 Å². The Bertz CT molecular complexity index is 510. The first-order chi connectivity index (χ1) is 9.44. The summed E-state index contributed by atoms with van der Waals surface area (Å²) in [5, 5.41) is 0. The molecule has 0 N–H and O–H groups in total. The van der Waals surface area contributed by atoms with Gasteiger partial charge in [0.15, 0.2) is 9.84 Å². The van der Waals surface area contributed by atoms with Gasteiger partial charge in [-0.2, -0.15) is 0 Å². The van der Waals surface area contributed by atoms with Gasteiger partial charge in [0.05, 0.1) is 24.0 Å². The Morgan fingerprint density at radius 3 is 2.50 bits per heavy atom. The number of methoxy groups -OCH3 is 1. The second-order valence-electron chi connectivity index (χ2n) is 4.60. The van der Waals surface area contributed by atoms with Crippen LogP contribution in [0.2, 0.25) is 0 Å². The first-order valence-electron chi connectivity index (χ1n) is 6.34. The third-order valence-corrected chi connectivity index (χ3v) is 4.53. The Hall–Kier alpha value is -1.40. The Morgan fingerprint density at radius 1 is 1.25 bits per heavy atom. The summed E-state index contributed by atoms with van der Waals surface area (Å²) in [5.74, 6) is -1.49. The summed E-state index contributed by atoms with van der Waals surface area (Å²) in [4.78, 5) is 11.7. The van der Waals surface area contributed by atoms with Crippen LogP contribution in [0.4, 0.5) is 0 Å². The molecular weight excluding hydrogens is 280 g/mol. The quantitative estimate of drug-likeness (QED) is 0.679. The minimum atomic E-state index is -3.30. The van der Waals surface area contributed by atoms with Gasteiger partial charge < -0.3 is 9.47 Å². The van der Waals surface area contributed by atoms with Crippen LogP contribution in [0.15, 0.2) is 30.3 Å². The second kappa shape index (κ2) is 8.01. The van der Waals surface area contributed by atoms with Crippen molar-refractivity contribution in [2.45, 2.75) is 13.5 Å². The highest BCUT2D eigenvalue weighted by Gasteiger charge is 2.22. The maximum atomic E-state index is 11.7. The van der Waals surface area contributed by atoms with E-state index in [0.29, 0.717) is 0 Å². The van der Waals surface area contributed by atoms with E-state index < -0.39 is 21.7 Å². The highest BCUT2D eigenvalue weighted by molar-refractivity contribution is 7.91. The van der Waals surface area contributed by atoms with E-state index >= 15 is 0 Å². The van der Waals surface area contributed by atoms with Crippen molar-refractivity contribution in [1.82, 2.24) is 0 Å². The van der Waals surface area contributed by atoms with Gasteiger partial charge in [0.25, 0.3) is 0 Å². The molecule has 0 fully saturated rings. The van der Waals surface area contributed by atoms with Gasteiger partial charge in [0, 0.05) is 7.11 Å². The first kappa shape index (κ1) is 16.7. The summed E-state index contributed by atoms with van der Waals surface area (Å²) in [6.45, 7) is 1.84. The molecule has 0 aliphatic heterocycles. The number of carbonyl (C=O) groups is 1. The Balaban J connectivity index is 2.43. The Labute approximate surface area is 119 Å². The molecule has 0 saturated heterocycles. The highest BCUT2D eigenvalue weighted by atomic mass is 32.2. The number of rotatable bonds is 8. The van der Waals surface area contributed by atoms with Gasteiger partial charge in [-0.1, -0.05) is 37.3 Å². The molecule has 112 valence electrons. The monoisotopic (exact) mass is 300 g/mol. The summed E-state index contributed by atoms with van der Waals surface area (Å²) in [7, 11) is -1.86. The average molecular weight is 300 g/mol. The lowest BCUT2D eigenvalue weighted by molar-refractivity contribution is -0.148. The van der Waals surface area contributed by atoms with Crippen molar-refractivity contribution < 1.29 is 22.7 Å². The third-order valence-electron chi connectivity index (χ3n) is 2.73. The van der Waals surface area contributed by atoms with E-state index in [1.54, 1.807) is 6.92 Å². The minimum Gasteiger partial charge on any atom is -0.461 e. The predicted octanol–water partition coefficient (Wildman–Crippen LogP) is 1.43. The normalized spacial score (nSPS) is 12.9. The lowest BCUT2D eigenvalue weighted by Crippen LogP contribution is -2.26. The van der Waals surface area contributed by atoms with Crippen LogP contribution in [0.3, 0.4) is 0 Å². The third kappa shape index (κ3) is 6.16. The molecule has 20 heavy (non-hydrogen) atoms. The molecule has 0 bridgehead atoms. The van der Waals surface area contributed by atoms with Crippen molar-refractivity contribution in [3.05, 3.63) is 35.9 Å². The number of hydrogen-bond donors (Lipinski definition) is 0. The zero-order valence-electron chi connectivity index (χ0n) is 11.7. The van der Waals surface area contributed by atoms with Crippen molar-refractivity contribution in [2.24, 2.45) is 5.92 Å². The van der Waals surface area contributed by atoms with Crippen molar-refractivity contribution in [3.63, 3.8) is 0 Å². The summed E-state index contributed by atoms with van der Waals surface area (Å²) in [6, 6.07) is 9.25. The van der Waals surface area contributed by atoms with Crippen molar-refractivity contribution >= 4 is 15.8 Å². The number of esters is 1. The number of carbonyl (C=O) groups excluding carboxylic acids is 1. The van der Waals surface area contributed by atoms with E-state index in [4.69, 9.17) is 9.47 Å². The van der Waals surface area contributed by atoms with Crippen LogP contribution in [0.1, 0.15) is 12.5 Å². The van der Waals surface area contributed by atoms with Gasteiger partial charge >= 0.3 is 5.97 Å². The van der Waals surface area contributed by atoms with Gasteiger partial charge in [-0.15, -0.1) is 0 Å². The summed E-state index contributed by atoms with van der Waals surface area (Å²) >= 11 is 0. The van der Waals surface area contributed by atoms with E-state index in [-0.39, 0.29) is 24.7 Å². The molecule has 1 unspecified atom stereocenters. The van der Waals surface area contributed by atoms with Gasteiger partial charge in [-0.3, -0.25) is 4.79 Å². The Morgan fingerprint density at radius 2 is 1.90 bits per heavy atom. The summed E-state index contributed by atoms with van der Waals surface area (Å²) in [6.07, 6.45) is 0. The van der Waals surface area contributed by atoms with E-state index in [0.717, 1.165) is 5.56 Å². The van der Waals surface area contributed by atoms with Crippen LogP contribution in [0.25, 0.3) is 0 Å². The van der Waals surface area contributed by atoms with Gasteiger partial charge in [0.1, 0.15) is 6.61 Å². The zero-order valence-corrected chi connectivity index (χ0v) is 12.6. The van der Waals surface area contributed by atoms with E-state index in [2.05, 4.69) is 0 Å². The fourth-order valence-electron chi connectivity index (χ4n) is 1.61. The molecule has 0 radical (unpaired) electrons. The fraction of sp³-hybridized carbons (Fsp3) is 0.500. The standard InChI is InChI=1S/C14H20O5S/c1-12(11-20(16,17)9-8-18-2)14(15)19-10-13-6-4-3-5-7-13/h3-7,12H,8-11H2,1-2H3. The first-order valence-corrected chi connectivity index (χ1v) is 8.16. The molecule has 1 aromatic carbocycles. The second-order valence-corrected chi connectivity index (χ2v) is 6.83. The van der Waals surface area contributed by atoms with Gasteiger partial charge in [0.2, 0.25) is 0 Å². The lowest BCUT2D eigenvalue weighted by atomic mass is 10.2. The average Bonchev–Trinajstić information content (AvgIpc) is 2.43. The number of sulfone groups is 1. The molecule has 1 rings (SSSR count). The number of ether oxygens (including phenoxy) is 2. The number of benzene rings is 1. The van der Waals surface area contributed by atoms with E-state index in [1.165, 1.54) is 7.11 Å². The van der Waals surface area contributed by atoms with Crippen LogP contribution < -0.4 is 0 Å². The van der Waals surface area contributed by atoms with Crippen molar-refractivity contribution in [1.29, 1.82) is 0 Å². The van der Waals surface area contributed by atoms with E-state index in [9.17, 15) is 13.2 Å². The molecule has 0 saturated carbocycles. The maximum absolute atomic E-state index is 11.7. The fourth-order valence-corrected chi connectivity index (χ4v) is 3.10. The molecule has 0 amide bonds. The predicted molar refractivity (Wildman–Crippen MR) is 75.9 cm³/mol.